The lowest BCUT2D eigenvalue weighted by atomic mass is 10.1. The first-order valence-corrected chi connectivity index (χ1v) is 7.20. The maximum atomic E-state index is 10.8. The third-order valence-corrected chi connectivity index (χ3v) is 3.28. The molecule has 0 saturated heterocycles. The van der Waals surface area contributed by atoms with Crippen LogP contribution in [0, 0.1) is 10.1 Å². The van der Waals surface area contributed by atoms with Crippen LogP contribution in [0.25, 0.3) is 16.9 Å². The van der Waals surface area contributed by atoms with Crippen LogP contribution in [0.5, 0.6) is 0 Å². The number of rotatable bonds is 3. The molecular weight excluding hydrogens is 294 g/mol. The summed E-state index contributed by atoms with van der Waals surface area (Å²) in [7, 11) is 0. The fourth-order valence-electron chi connectivity index (χ4n) is 2.32. The number of benzene rings is 1. The Balaban J connectivity index is 2.15. The van der Waals surface area contributed by atoms with Gasteiger partial charge in [-0.05, 0) is 32.9 Å². The average molecular weight is 311 g/mol. The molecule has 2 aromatic heterocycles. The van der Waals surface area contributed by atoms with Gasteiger partial charge in [0.05, 0.1) is 11.1 Å². The third kappa shape index (κ3) is 2.98. The van der Waals surface area contributed by atoms with Gasteiger partial charge in [-0.25, -0.2) is 4.98 Å². The van der Waals surface area contributed by atoms with Crippen LogP contribution in [-0.4, -0.2) is 24.8 Å². The summed E-state index contributed by atoms with van der Waals surface area (Å²) in [5.74, 6) is 0.837. The molecule has 0 spiro atoms. The van der Waals surface area contributed by atoms with Crippen molar-refractivity contribution in [2.75, 3.05) is 5.32 Å². The van der Waals surface area contributed by atoms with Gasteiger partial charge in [0.15, 0.2) is 5.65 Å². The third-order valence-electron chi connectivity index (χ3n) is 3.28. The standard InChI is InChI=1S/C16H17N5O2/c1-16(2,3)19-15-14(18-13-10-17-8-9-20(13)15)11-4-6-12(7-5-11)21(22)23/h4-10,19H,1-3H3. The topological polar surface area (TPSA) is 85.4 Å². The van der Waals surface area contributed by atoms with Crippen LogP contribution in [-0.2, 0) is 0 Å². The lowest BCUT2D eigenvalue weighted by molar-refractivity contribution is -0.384. The van der Waals surface area contributed by atoms with Crippen LogP contribution in [0.4, 0.5) is 11.5 Å². The zero-order chi connectivity index (χ0) is 16.6. The molecule has 0 radical (unpaired) electrons. The van der Waals surface area contributed by atoms with Gasteiger partial charge in [0.25, 0.3) is 5.69 Å². The van der Waals surface area contributed by atoms with E-state index < -0.39 is 4.92 Å². The van der Waals surface area contributed by atoms with Crippen molar-refractivity contribution in [2.24, 2.45) is 0 Å². The van der Waals surface area contributed by atoms with Crippen molar-refractivity contribution in [3.8, 4) is 11.3 Å². The monoisotopic (exact) mass is 311 g/mol. The number of nitro groups is 1. The maximum absolute atomic E-state index is 10.8. The summed E-state index contributed by atoms with van der Waals surface area (Å²) in [6.07, 6.45) is 5.22. The van der Waals surface area contributed by atoms with Gasteiger partial charge in [-0.1, -0.05) is 0 Å². The Morgan fingerprint density at radius 1 is 1.22 bits per heavy atom. The molecule has 0 aliphatic carbocycles. The highest BCUT2D eigenvalue weighted by Crippen LogP contribution is 2.31. The van der Waals surface area contributed by atoms with Gasteiger partial charge in [0, 0.05) is 35.6 Å². The number of fused-ring (bicyclic) bond motifs is 1. The Labute approximate surface area is 133 Å². The molecule has 2 heterocycles. The highest BCUT2D eigenvalue weighted by Gasteiger charge is 2.19. The SMILES string of the molecule is CC(C)(C)Nc1c(-c2ccc([N+](=O)[O-])cc2)nc2cnccn12. The van der Waals surface area contributed by atoms with Crippen molar-refractivity contribution in [3.63, 3.8) is 0 Å². The first kappa shape index (κ1) is 15.0. The molecule has 3 rings (SSSR count). The molecule has 0 saturated carbocycles. The molecule has 0 unspecified atom stereocenters. The van der Waals surface area contributed by atoms with Crippen molar-refractivity contribution in [1.29, 1.82) is 0 Å². The summed E-state index contributed by atoms with van der Waals surface area (Å²) < 4.78 is 1.93. The van der Waals surface area contributed by atoms with Gasteiger partial charge in [-0.2, -0.15) is 0 Å². The molecular formula is C16H17N5O2. The number of hydrogen-bond donors (Lipinski definition) is 1. The number of hydrogen-bond acceptors (Lipinski definition) is 5. The summed E-state index contributed by atoms with van der Waals surface area (Å²) in [6, 6.07) is 6.39. The molecule has 1 aromatic carbocycles. The summed E-state index contributed by atoms with van der Waals surface area (Å²) in [6.45, 7) is 6.19. The van der Waals surface area contributed by atoms with E-state index in [0.717, 1.165) is 17.1 Å². The van der Waals surface area contributed by atoms with Crippen LogP contribution in [0.15, 0.2) is 42.9 Å². The lowest BCUT2D eigenvalue weighted by Gasteiger charge is -2.22. The summed E-state index contributed by atoms with van der Waals surface area (Å²) in [4.78, 5) is 19.1. The van der Waals surface area contributed by atoms with E-state index in [4.69, 9.17) is 0 Å². The zero-order valence-electron chi connectivity index (χ0n) is 13.1. The number of anilines is 1. The molecule has 0 aliphatic heterocycles. The molecule has 23 heavy (non-hydrogen) atoms. The van der Waals surface area contributed by atoms with Crippen molar-refractivity contribution in [1.82, 2.24) is 14.4 Å². The van der Waals surface area contributed by atoms with Gasteiger partial charge < -0.3 is 5.32 Å². The molecule has 0 amide bonds. The minimum atomic E-state index is -0.411. The van der Waals surface area contributed by atoms with Crippen LogP contribution in [0.2, 0.25) is 0 Å². The molecule has 1 N–H and O–H groups in total. The maximum Gasteiger partial charge on any atom is 0.269 e. The van der Waals surface area contributed by atoms with E-state index in [2.05, 4.69) is 36.1 Å². The number of nitrogens with zero attached hydrogens (tertiary/aromatic N) is 4. The number of non-ortho nitro benzene ring substituents is 1. The van der Waals surface area contributed by atoms with Crippen LogP contribution in [0.1, 0.15) is 20.8 Å². The van der Waals surface area contributed by atoms with Gasteiger partial charge >= 0.3 is 0 Å². The van der Waals surface area contributed by atoms with E-state index in [9.17, 15) is 10.1 Å². The second-order valence-electron chi connectivity index (χ2n) is 6.29. The summed E-state index contributed by atoms with van der Waals surface area (Å²) in [5, 5.41) is 14.3. The highest BCUT2D eigenvalue weighted by atomic mass is 16.6. The van der Waals surface area contributed by atoms with E-state index in [1.165, 1.54) is 12.1 Å². The fraction of sp³-hybridized carbons (Fsp3) is 0.250. The molecule has 0 aliphatic rings. The minimum absolute atomic E-state index is 0.0597. The molecule has 7 heteroatoms. The normalized spacial score (nSPS) is 11.6. The molecule has 3 aromatic rings. The Kier molecular flexibility index (Phi) is 3.48. The fourth-order valence-corrected chi connectivity index (χ4v) is 2.32. The Morgan fingerprint density at radius 2 is 1.91 bits per heavy atom. The number of nitrogens with one attached hydrogen (secondary N) is 1. The smallest absolute Gasteiger partial charge is 0.269 e. The lowest BCUT2D eigenvalue weighted by Crippen LogP contribution is -2.27. The number of imidazole rings is 1. The second kappa shape index (κ2) is 5.35. The predicted molar refractivity (Wildman–Crippen MR) is 88.5 cm³/mol. The van der Waals surface area contributed by atoms with Gasteiger partial charge in [-0.15, -0.1) is 0 Å². The van der Waals surface area contributed by atoms with E-state index in [-0.39, 0.29) is 11.2 Å². The van der Waals surface area contributed by atoms with E-state index in [0.29, 0.717) is 5.65 Å². The molecule has 118 valence electrons. The Hall–Kier alpha value is -2.96. The van der Waals surface area contributed by atoms with E-state index in [1.807, 2.05) is 10.6 Å². The minimum Gasteiger partial charge on any atom is -0.365 e. The second-order valence-corrected chi connectivity index (χ2v) is 6.29. The largest absolute Gasteiger partial charge is 0.365 e. The number of aromatic nitrogens is 3. The van der Waals surface area contributed by atoms with Crippen LogP contribution < -0.4 is 5.32 Å². The van der Waals surface area contributed by atoms with Gasteiger partial charge in [0.1, 0.15) is 11.5 Å². The van der Waals surface area contributed by atoms with Crippen molar-refractivity contribution in [2.45, 2.75) is 26.3 Å². The van der Waals surface area contributed by atoms with Crippen molar-refractivity contribution in [3.05, 3.63) is 53.0 Å². The predicted octanol–water partition coefficient (Wildman–Crippen LogP) is 3.51. The molecule has 0 bridgehead atoms. The van der Waals surface area contributed by atoms with E-state index >= 15 is 0 Å². The van der Waals surface area contributed by atoms with Crippen LogP contribution in [0.3, 0.4) is 0 Å². The first-order valence-electron chi connectivity index (χ1n) is 7.20. The van der Waals surface area contributed by atoms with Crippen molar-refractivity contribution < 1.29 is 4.92 Å². The highest BCUT2D eigenvalue weighted by molar-refractivity contribution is 5.77. The summed E-state index contributed by atoms with van der Waals surface area (Å²) >= 11 is 0. The van der Waals surface area contributed by atoms with Gasteiger partial charge in [0.2, 0.25) is 0 Å². The molecule has 7 nitrogen and oxygen atoms in total. The van der Waals surface area contributed by atoms with Crippen LogP contribution >= 0.6 is 0 Å². The Morgan fingerprint density at radius 3 is 2.52 bits per heavy atom. The first-order chi connectivity index (χ1) is 10.8. The van der Waals surface area contributed by atoms with Gasteiger partial charge in [-0.3, -0.25) is 19.5 Å². The van der Waals surface area contributed by atoms with E-state index in [1.54, 1.807) is 24.5 Å². The average Bonchev–Trinajstić information content (AvgIpc) is 2.84. The van der Waals surface area contributed by atoms with Crippen molar-refractivity contribution >= 4 is 17.2 Å². The quantitative estimate of drug-likeness (QED) is 0.591. The molecule has 0 atom stereocenters. The zero-order valence-corrected chi connectivity index (χ0v) is 13.1. The summed E-state index contributed by atoms with van der Waals surface area (Å²) in [5.41, 5.74) is 2.17. The Bertz CT molecular complexity index is 862. The molecule has 0 fully saturated rings. The number of nitro benzene ring substituents is 1.